The number of rotatable bonds is 3. The maximum Gasteiger partial charge on any atom is 0.132 e. The molecule has 1 atom stereocenters. The maximum absolute atomic E-state index is 15.0. The van der Waals surface area contributed by atoms with Crippen LogP contribution in [0.25, 0.3) is 10.1 Å². The average molecular weight is 265 g/mol. The van der Waals surface area contributed by atoms with Crippen molar-refractivity contribution in [1.82, 2.24) is 0 Å². The summed E-state index contributed by atoms with van der Waals surface area (Å²) >= 11 is 1.67. The molecule has 0 aliphatic heterocycles. The number of nitrogens with two attached hydrogens (primary N) is 1. The number of benzene rings is 1. The Balaban J connectivity index is 2.39. The van der Waals surface area contributed by atoms with Gasteiger partial charge in [0.15, 0.2) is 0 Å². The summed E-state index contributed by atoms with van der Waals surface area (Å²) < 4.78 is 16.2. The first-order valence-electron chi connectivity index (χ1n) is 6.21. The predicted octanol–water partition coefficient (Wildman–Crippen LogP) is 4.16. The monoisotopic (exact) mass is 265 g/mol. The molecule has 0 amide bonds. The first-order chi connectivity index (χ1) is 8.37. The highest BCUT2D eigenvalue weighted by Crippen LogP contribution is 2.38. The molecule has 1 heterocycles. The second-order valence-electron chi connectivity index (χ2n) is 5.85. The molecule has 0 spiro atoms. The van der Waals surface area contributed by atoms with Crippen molar-refractivity contribution >= 4 is 21.4 Å². The minimum absolute atomic E-state index is 0.0562. The molecule has 1 unspecified atom stereocenters. The van der Waals surface area contributed by atoms with Gasteiger partial charge in [0, 0.05) is 17.7 Å². The lowest BCUT2D eigenvalue weighted by molar-refractivity contribution is 0.0386. The van der Waals surface area contributed by atoms with Crippen LogP contribution < -0.4 is 5.73 Å². The molecule has 1 aromatic carbocycles. The van der Waals surface area contributed by atoms with Crippen LogP contribution in [0.15, 0.2) is 29.6 Å². The fraction of sp³-hybridized carbons (Fsp3) is 0.467. The summed E-state index contributed by atoms with van der Waals surface area (Å²) in [4.78, 5) is 0. The van der Waals surface area contributed by atoms with Crippen molar-refractivity contribution in [3.8, 4) is 0 Å². The van der Waals surface area contributed by atoms with Crippen molar-refractivity contribution in [2.24, 2.45) is 11.1 Å². The molecule has 0 radical (unpaired) electrons. The molecule has 98 valence electrons. The lowest BCUT2D eigenvalue weighted by atomic mass is 9.74. The van der Waals surface area contributed by atoms with Gasteiger partial charge >= 0.3 is 0 Å². The third-order valence-electron chi connectivity index (χ3n) is 3.70. The van der Waals surface area contributed by atoms with E-state index in [4.69, 9.17) is 5.73 Å². The van der Waals surface area contributed by atoms with Crippen molar-refractivity contribution in [2.45, 2.75) is 32.9 Å². The van der Waals surface area contributed by atoms with E-state index in [9.17, 15) is 4.39 Å². The Labute approximate surface area is 112 Å². The quantitative estimate of drug-likeness (QED) is 0.886. The van der Waals surface area contributed by atoms with Gasteiger partial charge in [-0.05, 0) is 27.8 Å². The molecule has 3 heteroatoms. The molecule has 0 aliphatic rings. The minimum atomic E-state index is -1.36. The molecule has 0 bridgehead atoms. The molecular weight excluding hydrogens is 245 g/mol. The first kappa shape index (κ1) is 13.5. The normalized spacial score (nSPS) is 15.8. The van der Waals surface area contributed by atoms with Gasteiger partial charge in [-0.15, -0.1) is 11.3 Å². The van der Waals surface area contributed by atoms with Gasteiger partial charge in [-0.2, -0.15) is 0 Å². The summed E-state index contributed by atoms with van der Waals surface area (Å²) in [5, 5.41) is 3.21. The largest absolute Gasteiger partial charge is 0.327 e. The van der Waals surface area contributed by atoms with E-state index in [0.717, 1.165) is 10.9 Å². The predicted molar refractivity (Wildman–Crippen MR) is 77.9 cm³/mol. The van der Waals surface area contributed by atoms with E-state index in [1.165, 1.54) is 4.70 Å². The SMILES string of the molecule is CC(C)(C)C(F)(CN)Cc1csc2ccccc12. The zero-order valence-electron chi connectivity index (χ0n) is 11.2. The maximum atomic E-state index is 15.0. The van der Waals surface area contributed by atoms with Crippen LogP contribution >= 0.6 is 11.3 Å². The lowest BCUT2D eigenvalue weighted by Crippen LogP contribution is -2.47. The van der Waals surface area contributed by atoms with Gasteiger partial charge in [-0.25, -0.2) is 4.39 Å². The van der Waals surface area contributed by atoms with E-state index in [-0.39, 0.29) is 6.54 Å². The van der Waals surface area contributed by atoms with Gasteiger partial charge in [0.1, 0.15) is 5.67 Å². The van der Waals surface area contributed by atoms with E-state index in [0.29, 0.717) is 6.42 Å². The highest BCUT2D eigenvalue weighted by Gasteiger charge is 2.41. The fourth-order valence-electron chi connectivity index (χ4n) is 2.12. The molecule has 18 heavy (non-hydrogen) atoms. The molecular formula is C15H20FNS. The van der Waals surface area contributed by atoms with Gasteiger partial charge in [-0.1, -0.05) is 39.0 Å². The number of alkyl halides is 1. The summed E-state index contributed by atoms with van der Waals surface area (Å²) in [5.41, 5.74) is 4.93. The van der Waals surface area contributed by atoms with Crippen molar-refractivity contribution in [3.05, 3.63) is 35.2 Å². The van der Waals surface area contributed by atoms with Crippen LogP contribution in [0, 0.1) is 5.41 Å². The lowest BCUT2D eigenvalue weighted by Gasteiger charge is -2.37. The summed E-state index contributed by atoms with van der Waals surface area (Å²) in [6.45, 7) is 5.79. The number of hydrogen-bond acceptors (Lipinski definition) is 2. The molecule has 2 N–H and O–H groups in total. The van der Waals surface area contributed by atoms with Crippen molar-refractivity contribution in [1.29, 1.82) is 0 Å². The van der Waals surface area contributed by atoms with Crippen LogP contribution in [0.4, 0.5) is 4.39 Å². The Morgan fingerprint density at radius 1 is 1.22 bits per heavy atom. The Hall–Kier alpha value is -0.930. The summed E-state index contributed by atoms with van der Waals surface area (Å²) in [7, 11) is 0. The molecule has 0 saturated heterocycles. The summed E-state index contributed by atoms with van der Waals surface area (Å²) in [5.74, 6) is 0. The summed E-state index contributed by atoms with van der Waals surface area (Å²) in [6, 6.07) is 8.14. The molecule has 1 nitrogen and oxygen atoms in total. The van der Waals surface area contributed by atoms with Crippen LogP contribution in [-0.4, -0.2) is 12.2 Å². The Kier molecular flexibility index (Phi) is 3.47. The highest BCUT2D eigenvalue weighted by atomic mass is 32.1. The van der Waals surface area contributed by atoms with Gasteiger partial charge < -0.3 is 5.73 Å². The molecule has 2 rings (SSSR count). The van der Waals surface area contributed by atoms with E-state index < -0.39 is 11.1 Å². The Morgan fingerprint density at radius 3 is 2.50 bits per heavy atom. The molecule has 0 aliphatic carbocycles. The van der Waals surface area contributed by atoms with E-state index in [1.54, 1.807) is 11.3 Å². The Morgan fingerprint density at radius 2 is 1.89 bits per heavy atom. The highest BCUT2D eigenvalue weighted by molar-refractivity contribution is 7.17. The number of fused-ring (bicyclic) bond motifs is 1. The van der Waals surface area contributed by atoms with Crippen LogP contribution in [0.2, 0.25) is 0 Å². The standard InChI is InChI=1S/C15H20FNS/c1-14(2,3)15(16,10-17)8-11-9-18-13-7-5-4-6-12(11)13/h4-7,9H,8,10,17H2,1-3H3. The van der Waals surface area contributed by atoms with Gasteiger partial charge in [0.25, 0.3) is 0 Å². The average Bonchev–Trinajstić information content (AvgIpc) is 2.71. The molecule has 0 saturated carbocycles. The van der Waals surface area contributed by atoms with E-state index in [1.807, 2.05) is 32.9 Å². The second kappa shape index (κ2) is 4.63. The smallest absolute Gasteiger partial charge is 0.132 e. The van der Waals surface area contributed by atoms with Crippen molar-refractivity contribution < 1.29 is 4.39 Å². The topological polar surface area (TPSA) is 26.0 Å². The Bertz CT molecular complexity index is 541. The zero-order valence-corrected chi connectivity index (χ0v) is 12.0. The first-order valence-corrected chi connectivity index (χ1v) is 7.09. The van der Waals surface area contributed by atoms with Gasteiger partial charge in [-0.3, -0.25) is 0 Å². The van der Waals surface area contributed by atoms with E-state index >= 15 is 0 Å². The third kappa shape index (κ3) is 2.29. The third-order valence-corrected chi connectivity index (χ3v) is 4.71. The van der Waals surface area contributed by atoms with Crippen LogP contribution in [0.1, 0.15) is 26.3 Å². The zero-order chi connectivity index (χ0) is 13.4. The fourth-order valence-corrected chi connectivity index (χ4v) is 3.08. The van der Waals surface area contributed by atoms with Crippen LogP contribution in [-0.2, 0) is 6.42 Å². The minimum Gasteiger partial charge on any atom is -0.327 e. The van der Waals surface area contributed by atoms with Crippen LogP contribution in [0.5, 0.6) is 0 Å². The van der Waals surface area contributed by atoms with Gasteiger partial charge in [0.2, 0.25) is 0 Å². The van der Waals surface area contributed by atoms with Crippen molar-refractivity contribution in [2.75, 3.05) is 6.54 Å². The van der Waals surface area contributed by atoms with E-state index in [2.05, 4.69) is 17.5 Å². The number of halogens is 1. The number of thiophene rings is 1. The summed E-state index contributed by atoms with van der Waals surface area (Å²) in [6.07, 6.45) is 0.386. The molecule has 1 aromatic heterocycles. The number of hydrogen-bond donors (Lipinski definition) is 1. The van der Waals surface area contributed by atoms with Crippen molar-refractivity contribution in [3.63, 3.8) is 0 Å². The van der Waals surface area contributed by atoms with Crippen LogP contribution in [0.3, 0.4) is 0 Å². The van der Waals surface area contributed by atoms with Gasteiger partial charge in [0.05, 0.1) is 0 Å². The second-order valence-corrected chi connectivity index (χ2v) is 6.76. The molecule has 0 fully saturated rings. The molecule has 2 aromatic rings.